The summed E-state index contributed by atoms with van der Waals surface area (Å²) in [6, 6.07) is 7.52. The summed E-state index contributed by atoms with van der Waals surface area (Å²) < 4.78 is 138. The Morgan fingerprint density at radius 3 is 1.90 bits per heavy atom. The molecule has 0 fully saturated rings. The van der Waals surface area contributed by atoms with Crippen LogP contribution >= 0.6 is 12.3 Å². The SMILES string of the molecule is COc1cc(S(=O)(=O)CCOSOOO)c(OC)cc1N=Nc1cc(S(=O)(=O)O)c(N)c(N=Nc2ccc(S(=O)(=O)CCOS(=O)(=O)O)cc2)c1N. The lowest BCUT2D eigenvalue weighted by Crippen LogP contribution is -2.15. The quantitative estimate of drug-likeness (QED) is 0.0220. The molecule has 23 nitrogen and oxygen atoms in total. The number of hydrogen-bond donors (Lipinski definition) is 5. The minimum absolute atomic E-state index is 0.00271. The third-order valence-electron chi connectivity index (χ3n) is 6.25. The van der Waals surface area contributed by atoms with Crippen LogP contribution in [0.25, 0.3) is 0 Å². The Kier molecular flexibility index (Phi) is 14.4. The van der Waals surface area contributed by atoms with E-state index in [1.807, 2.05) is 0 Å². The topological polar surface area (TPSA) is 354 Å². The molecule has 52 heavy (non-hydrogen) atoms. The van der Waals surface area contributed by atoms with Crippen molar-refractivity contribution in [2.24, 2.45) is 20.5 Å². The van der Waals surface area contributed by atoms with E-state index in [-0.39, 0.29) is 45.0 Å². The van der Waals surface area contributed by atoms with Crippen molar-refractivity contribution in [2.75, 3.05) is 50.4 Å². The third kappa shape index (κ3) is 11.5. The monoisotopic (exact) mass is 832 g/mol. The highest BCUT2D eigenvalue weighted by molar-refractivity contribution is 7.92. The van der Waals surface area contributed by atoms with Crippen LogP contribution in [0.2, 0.25) is 0 Å². The molecule has 0 aromatic heterocycles. The lowest BCUT2D eigenvalue weighted by atomic mass is 10.2. The predicted octanol–water partition coefficient (Wildman–Crippen LogP) is 3.31. The molecule has 0 heterocycles. The fourth-order valence-corrected chi connectivity index (χ4v) is 7.57. The number of sulfone groups is 2. The molecule has 0 atom stereocenters. The van der Waals surface area contributed by atoms with Gasteiger partial charge in [0.05, 0.1) is 60.9 Å². The van der Waals surface area contributed by atoms with E-state index in [4.69, 9.17) is 34.9 Å². The largest absolute Gasteiger partial charge is 0.495 e. The van der Waals surface area contributed by atoms with Gasteiger partial charge in [-0.1, -0.05) is 5.04 Å². The van der Waals surface area contributed by atoms with E-state index >= 15 is 0 Å². The van der Waals surface area contributed by atoms with Gasteiger partial charge in [0.25, 0.3) is 10.1 Å². The average Bonchev–Trinajstić information content (AvgIpc) is 3.06. The second-order valence-electron chi connectivity index (χ2n) is 9.53. The first-order chi connectivity index (χ1) is 24.2. The van der Waals surface area contributed by atoms with Crippen LogP contribution in [-0.4, -0.2) is 87.0 Å². The molecule has 0 saturated heterocycles. The summed E-state index contributed by atoms with van der Waals surface area (Å²) in [6.45, 7) is -1.26. The summed E-state index contributed by atoms with van der Waals surface area (Å²) in [5.74, 6) is -1.72. The van der Waals surface area contributed by atoms with Crippen molar-refractivity contribution in [3.05, 3.63) is 42.5 Å². The minimum atomic E-state index is -5.02. The van der Waals surface area contributed by atoms with E-state index in [0.717, 1.165) is 30.3 Å². The van der Waals surface area contributed by atoms with Gasteiger partial charge in [0.1, 0.15) is 38.4 Å². The van der Waals surface area contributed by atoms with Crippen molar-refractivity contribution in [2.45, 2.75) is 14.7 Å². The average molecular weight is 833 g/mol. The molecule has 0 bridgehead atoms. The van der Waals surface area contributed by atoms with Crippen molar-refractivity contribution in [3.63, 3.8) is 0 Å². The van der Waals surface area contributed by atoms with E-state index in [9.17, 15) is 38.2 Å². The fraction of sp³-hybridized carbons (Fsp3) is 0.250. The molecule has 286 valence electrons. The van der Waals surface area contributed by atoms with Gasteiger partial charge < -0.3 is 20.9 Å². The number of benzene rings is 3. The smallest absolute Gasteiger partial charge is 0.397 e. The zero-order valence-electron chi connectivity index (χ0n) is 26.4. The first-order valence-electron chi connectivity index (χ1n) is 13.5. The number of nitrogens with zero attached hydrogens (tertiary/aromatic N) is 4. The second-order valence-corrected chi connectivity index (χ2v) is 16.7. The van der Waals surface area contributed by atoms with Crippen molar-refractivity contribution in [1.82, 2.24) is 0 Å². The van der Waals surface area contributed by atoms with Gasteiger partial charge in [-0.2, -0.15) is 21.9 Å². The zero-order chi connectivity index (χ0) is 38.9. The molecule has 0 radical (unpaired) electrons. The summed E-state index contributed by atoms with van der Waals surface area (Å²) in [5, 5.41) is 27.1. The van der Waals surface area contributed by atoms with Crippen molar-refractivity contribution < 1.29 is 75.2 Å². The minimum Gasteiger partial charge on any atom is -0.495 e. The molecule has 0 aliphatic carbocycles. The number of methoxy groups -OCH3 is 2. The van der Waals surface area contributed by atoms with Crippen LogP contribution in [-0.2, 0) is 57.9 Å². The van der Waals surface area contributed by atoms with E-state index in [1.165, 1.54) is 26.4 Å². The molecule has 0 saturated carbocycles. The van der Waals surface area contributed by atoms with Crippen LogP contribution in [0.4, 0.5) is 34.1 Å². The molecule has 0 aliphatic heterocycles. The molecular weight excluding hydrogens is 805 g/mol. The van der Waals surface area contributed by atoms with Gasteiger partial charge in [-0.3, -0.25) is 13.3 Å². The molecule has 3 rings (SSSR count). The number of hydrogen-bond acceptors (Lipinski definition) is 22. The maximum absolute atomic E-state index is 13.0. The Morgan fingerprint density at radius 2 is 1.33 bits per heavy atom. The van der Waals surface area contributed by atoms with E-state index in [2.05, 4.69) is 34.0 Å². The summed E-state index contributed by atoms with van der Waals surface area (Å²) in [4.78, 5) is -1.49. The molecule has 3 aromatic rings. The van der Waals surface area contributed by atoms with Gasteiger partial charge in [-0.15, -0.1) is 19.7 Å². The maximum atomic E-state index is 13.0. The Balaban J connectivity index is 1.99. The van der Waals surface area contributed by atoms with Crippen molar-refractivity contribution in [1.29, 1.82) is 0 Å². The Bertz CT molecular complexity index is 2270. The standard InChI is InChI=1S/C24H28N6O17S5/c1-42-18-13-20(50(34,35)9-7-44-48-47-46-31)19(43-2)11-16(18)28-29-17-12-21(51(36,37)38)23(26)24(22(17)25)30-27-14-3-5-15(6-4-14)49(32,33)10-8-45-52(39,40)41/h3-6,11-13,31H,7-10,25-26H2,1-2H3,(H,36,37,38)(H,39,40,41). The molecule has 28 heteroatoms. The lowest BCUT2D eigenvalue weighted by molar-refractivity contribution is -0.434. The molecule has 0 spiro atoms. The Hall–Kier alpha value is -4.07. The van der Waals surface area contributed by atoms with Gasteiger partial charge in [0.2, 0.25) is 0 Å². The van der Waals surface area contributed by atoms with E-state index in [1.54, 1.807) is 0 Å². The Morgan fingerprint density at radius 1 is 0.712 bits per heavy atom. The van der Waals surface area contributed by atoms with Gasteiger partial charge in [0.15, 0.2) is 32.0 Å². The fourth-order valence-electron chi connectivity index (χ4n) is 3.86. The predicted molar refractivity (Wildman–Crippen MR) is 179 cm³/mol. The molecule has 3 aromatic carbocycles. The van der Waals surface area contributed by atoms with Crippen LogP contribution < -0.4 is 20.9 Å². The Labute approximate surface area is 300 Å². The normalized spacial score (nSPS) is 12.9. The second kappa shape index (κ2) is 17.6. The summed E-state index contributed by atoms with van der Waals surface area (Å²) >= 11 is 0.177. The van der Waals surface area contributed by atoms with E-state index < -0.39 is 92.6 Å². The molecule has 0 aliphatic rings. The third-order valence-corrected chi connectivity index (χ3v) is 11.4. The van der Waals surface area contributed by atoms with Crippen molar-refractivity contribution in [3.8, 4) is 11.5 Å². The summed E-state index contributed by atoms with van der Waals surface area (Å²) in [6.07, 6.45) is 0. The van der Waals surface area contributed by atoms with E-state index in [0.29, 0.717) is 0 Å². The van der Waals surface area contributed by atoms with Crippen molar-refractivity contribution >= 4 is 86.6 Å². The number of anilines is 2. The highest BCUT2D eigenvalue weighted by Gasteiger charge is 2.25. The van der Waals surface area contributed by atoms with Gasteiger partial charge in [-0.05, 0) is 30.3 Å². The number of rotatable bonds is 19. The number of nitrogen functional groups attached to an aromatic ring is 2. The summed E-state index contributed by atoms with van der Waals surface area (Å²) in [5.41, 5.74) is 10.0. The number of nitrogens with two attached hydrogens (primary N) is 2. The van der Waals surface area contributed by atoms with Crippen LogP contribution in [0.3, 0.4) is 0 Å². The summed E-state index contributed by atoms with van der Waals surface area (Å²) in [7, 11) is -15.7. The van der Waals surface area contributed by atoms with Crippen LogP contribution in [0.1, 0.15) is 0 Å². The first-order valence-corrected chi connectivity index (χ1v) is 20.2. The van der Waals surface area contributed by atoms with Crippen LogP contribution in [0.5, 0.6) is 11.5 Å². The van der Waals surface area contributed by atoms with Crippen LogP contribution in [0.15, 0.2) is 77.6 Å². The van der Waals surface area contributed by atoms with Gasteiger partial charge in [0, 0.05) is 12.1 Å². The lowest BCUT2D eigenvalue weighted by Gasteiger charge is -2.13. The highest BCUT2D eigenvalue weighted by Crippen LogP contribution is 2.44. The molecule has 7 N–H and O–H groups in total. The van der Waals surface area contributed by atoms with Gasteiger partial charge >= 0.3 is 10.4 Å². The highest BCUT2D eigenvalue weighted by atomic mass is 32.3. The molecule has 0 amide bonds. The molecule has 0 unspecified atom stereocenters. The van der Waals surface area contributed by atoms with Crippen LogP contribution in [0, 0.1) is 0 Å². The zero-order valence-corrected chi connectivity index (χ0v) is 30.5. The number of ether oxygens (including phenoxy) is 2. The van der Waals surface area contributed by atoms with Gasteiger partial charge in [-0.25, -0.2) is 26.3 Å². The number of azo groups is 2. The first kappa shape index (κ1) is 42.3. The maximum Gasteiger partial charge on any atom is 0.397 e. The molecular formula is C24H28N6O17S5.